The van der Waals surface area contributed by atoms with Crippen LogP contribution in [0.5, 0.6) is 11.6 Å². The molecule has 0 unspecified atom stereocenters. The number of hydrogen-bond acceptors (Lipinski definition) is 7. The standard InChI is InChI=1S/C27H24N4O4S/c1-16-11-20(25-21(12-16)29-23(34-3)15-28-25)26-30-24-17(2)13-19(14-22(24)36-26)35-10-9-31(27(32)33)18-7-5-4-6-8-18/h4-8,11-15H,9-10H2,1-3H3,(H,32,33). The highest BCUT2D eigenvalue weighted by Crippen LogP contribution is 2.37. The Kier molecular flexibility index (Phi) is 6.39. The predicted molar refractivity (Wildman–Crippen MR) is 141 cm³/mol. The molecule has 0 fully saturated rings. The van der Waals surface area contributed by atoms with Gasteiger partial charge in [-0.2, -0.15) is 0 Å². The quantitative estimate of drug-likeness (QED) is 0.288. The van der Waals surface area contributed by atoms with Crippen LogP contribution in [0, 0.1) is 13.8 Å². The molecule has 0 atom stereocenters. The first-order valence-corrected chi connectivity index (χ1v) is 12.2. The van der Waals surface area contributed by atoms with Crippen LogP contribution < -0.4 is 14.4 Å². The van der Waals surface area contributed by atoms with Gasteiger partial charge in [0.15, 0.2) is 0 Å². The number of methoxy groups -OCH3 is 1. The molecule has 36 heavy (non-hydrogen) atoms. The van der Waals surface area contributed by atoms with E-state index in [4.69, 9.17) is 14.5 Å². The Morgan fingerprint density at radius 3 is 2.61 bits per heavy atom. The molecular weight excluding hydrogens is 476 g/mol. The van der Waals surface area contributed by atoms with E-state index in [-0.39, 0.29) is 13.2 Å². The lowest BCUT2D eigenvalue weighted by molar-refractivity contribution is 0.199. The zero-order valence-electron chi connectivity index (χ0n) is 20.1. The molecule has 1 N–H and O–H groups in total. The lowest BCUT2D eigenvalue weighted by atomic mass is 10.1. The van der Waals surface area contributed by atoms with E-state index < -0.39 is 6.09 Å². The molecule has 3 aromatic carbocycles. The number of aryl methyl sites for hydroxylation is 2. The second kappa shape index (κ2) is 9.79. The first kappa shape index (κ1) is 23.5. The van der Waals surface area contributed by atoms with E-state index in [9.17, 15) is 9.90 Å². The van der Waals surface area contributed by atoms with Gasteiger partial charge in [-0.05, 0) is 61.4 Å². The molecule has 0 saturated heterocycles. The highest BCUT2D eigenvalue weighted by Gasteiger charge is 2.17. The van der Waals surface area contributed by atoms with Gasteiger partial charge < -0.3 is 14.6 Å². The third kappa shape index (κ3) is 4.65. The number of rotatable bonds is 7. The minimum Gasteiger partial charge on any atom is -0.492 e. The maximum Gasteiger partial charge on any atom is 0.411 e. The van der Waals surface area contributed by atoms with Crippen molar-refractivity contribution in [1.29, 1.82) is 0 Å². The Morgan fingerprint density at radius 2 is 1.86 bits per heavy atom. The van der Waals surface area contributed by atoms with Crippen molar-refractivity contribution in [1.82, 2.24) is 15.0 Å². The summed E-state index contributed by atoms with van der Waals surface area (Å²) in [6, 6.07) is 16.9. The van der Waals surface area contributed by atoms with Gasteiger partial charge in [0.05, 0.1) is 41.1 Å². The molecule has 8 nitrogen and oxygen atoms in total. The summed E-state index contributed by atoms with van der Waals surface area (Å²) in [5.74, 6) is 1.14. The number of thiazole rings is 1. The number of anilines is 1. The molecule has 0 spiro atoms. The average molecular weight is 501 g/mol. The van der Waals surface area contributed by atoms with Gasteiger partial charge >= 0.3 is 6.09 Å². The highest BCUT2D eigenvalue weighted by atomic mass is 32.1. The number of benzene rings is 3. The molecule has 2 heterocycles. The summed E-state index contributed by atoms with van der Waals surface area (Å²) in [5, 5.41) is 10.4. The van der Waals surface area contributed by atoms with Crippen molar-refractivity contribution in [2.45, 2.75) is 13.8 Å². The minimum absolute atomic E-state index is 0.210. The van der Waals surface area contributed by atoms with Crippen molar-refractivity contribution in [2.75, 3.05) is 25.2 Å². The average Bonchev–Trinajstić information content (AvgIpc) is 3.30. The molecule has 1 amide bonds. The molecule has 0 radical (unpaired) electrons. The van der Waals surface area contributed by atoms with E-state index in [0.29, 0.717) is 17.3 Å². The van der Waals surface area contributed by atoms with Crippen LogP contribution in [0.3, 0.4) is 0 Å². The normalized spacial score (nSPS) is 11.1. The van der Waals surface area contributed by atoms with Crippen LogP contribution in [0.4, 0.5) is 10.5 Å². The summed E-state index contributed by atoms with van der Waals surface area (Å²) in [6.45, 7) is 4.44. The number of nitrogens with zero attached hydrogens (tertiary/aromatic N) is 4. The lowest BCUT2D eigenvalue weighted by Gasteiger charge is -2.19. The SMILES string of the molecule is COc1cnc2c(-c3nc4c(C)cc(OCCN(C(=O)O)c5ccccc5)cc4s3)cc(C)cc2n1. The van der Waals surface area contributed by atoms with Gasteiger partial charge in [0.1, 0.15) is 17.4 Å². The van der Waals surface area contributed by atoms with Gasteiger partial charge in [0.25, 0.3) is 0 Å². The van der Waals surface area contributed by atoms with E-state index >= 15 is 0 Å². The van der Waals surface area contributed by atoms with E-state index in [1.807, 2.05) is 50.2 Å². The van der Waals surface area contributed by atoms with E-state index in [0.717, 1.165) is 42.9 Å². The van der Waals surface area contributed by atoms with Crippen LogP contribution >= 0.6 is 11.3 Å². The number of fused-ring (bicyclic) bond motifs is 2. The van der Waals surface area contributed by atoms with Crippen molar-refractivity contribution in [3.05, 3.63) is 71.9 Å². The fraction of sp³-hybridized carbons (Fsp3) is 0.185. The molecule has 0 aliphatic carbocycles. The Hall–Kier alpha value is -4.24. The van der Waals surface area contributed by atoms with Crippen molar-refractivity contribution >= 4 is 44.4 Å². The Bertz CT molecular complexity index is 1570. The van der Waals surface area contributed by atoms with Gasteiger partial charge in [0, 0.05) is 11.3 Å². The lowest BCUT2D eigenvalue weighted by Crippen LogP contribution is -2.33. The summed E-state index contributed by atoms with van der Waals surface area (Å²) in [4.78, 5) is 27.0. The number of hydrogen-bond donors (Lipinski definition) is 1. The van der Waals surface area contributed by atoms with Gasteiger partial charge in [-0.15, -0.1) is 11.3 Å². The molecule has 5 aromatic rings. The summed E-state index contributed by atoms with van der Waals surface area (Å²) >= 11 is 1.56. The smallest absolute Gasteiger partial charge is 0.411 e. The summed E-state index contributed by atoms with van der Waals surface area (Å²) in [7, 11) is 1.57. The molecule has 0 bridgehead atoms. The van der Waals surface area contributed by atoms with Gasteiger partial charge in [0.2, 0.25) is 5.88 Å². The molecule has 0 saturated carbocycles. The Balaban J connectivity index is 1.42. The summed E-state index contributed by atoms with van der Waals surface area (Å²) in [6.07, 6.45) is 0.594. The van der Waals surface area contributed by atoms with Crippen LogP contribution in [0.15, 0.2) is 60.8 Å². The van der Waals surface area contributed by atoms with Crippen LogP contribution in [0.2, 0.25) is 0 Å². The van der Waals surface area contributed by atoms with E-state index in [1.165, 1.54) is 4.90 Å². The fourth-order valence-electron chi connectivity index (χ4n) is 4.07. The largest absolute Gasteiger partial charge is 0.492 e. The van der Waals surface area contributed by atoms with Crippen molar-refractivity contribution in [3.8, 4) is 22.2 Å². The second-order valence-electron chi connectivity index (χ2n) is 8.32. The number of carboxylic acid groups (broad SMARTS) is 1. The second-order valence-corrected chi connectivity index (χ2v) is 9.35. The zero-order valence-corrected chi connectivity index (χ0v) is 20.9. The number of amides is 1. The Morgan fingerprint density at radius 1 is 1.06 bits per heavy atom. The summed E-state index contributed by atoms with van der Waals surface area (Å²) < 4.78 is 12.2. The van der Waals surface area contributed by atoms with Crippen LogP contribution in [-0.4, -0.2) is 46.4 Å². The van der Waals surface area contributed by atoms with Crippen molar-refractivity contribution in [2.24, 2.45) is 0 Å². The van der Waals surface area contributed by atoms with E-state index in [2.05, 4.69) is 16.0 Å². The number of carbonyl (C=O) groups is 1. The fourth-order valence-corrected chi connectivity index (χ4v) is 5.16. The number of aromatic nitrogens is 3. The van der Waals surface area contributed by atoms with Crippen molar-refractivity contribution in [3.63, 3.8) is 0 Å². The minimum atomic E-state index is -1.02. The molecule has 182 valence electrons. The van der Waals surface area contributed by atoms with Gasteiger partial charge in [-0.1, -0.05) is 18.2 Å². The molecule has 2 aromatic heterocycles. The molecular formula is C27H24N4O4S. The van der Waals surface area contributed by atoms with Gasteiger partial charge in [-0.25, -0.2) is 19.7 Å². The topological polar surface area (TPSA) is 97.7 Å². The third-order valence-corrected chi connectivity index (χ3v) is 6.79. The first-order chi connectivity index (χ1) is 17.4. The molecule has 5 rings (SSSR count). The monoisotopic (exact) mass is 500 g/mol. The number of ether oxygens (including phenoxy) is 2. The molecule has 0 aliphatic heterocycles. The Labute approximate surface area is 211 Å². The maximum absolute atomic E-state index is 11.7. The van der Waals surface area contributed by atoms with Crippen LogP contribution in [0.1, 0.15) is 11.1 Å². The number of para-hydroxylation sites is 1. The third-order valence-electron chi connectivity index (χ3n) is 5.75. The summed E-state index contributed by atoms with van der Waals surface area (Å²) in [5.41, 5.74) is 5.99. The molecule has 9 heteroatoms. The predicted octanol–water partition coefficient (Wildman–Crippen LogP) is 6.10. The van der Waals surface area contributed by atoms with Crippen LogP contribution in [-0.2, 0) is 0 Å². The van der Waals surface area contributed by atoms with Crippen LogP contribution in [0.25, 0.3) is 31.8 Å². The van der Waals surface area contributed by atoms with Crippen molar-refractivity contribution < 1.29 is 19.4 Å². The zero-order chi connectivity index (χ0) is 25.2. The molecule has 0 aliphatic rings. The first-order valence-electron chi connectivity index (χ1n) is 11.3. The van der Waals surface area contributed by atoms with Gasteiger partial charge in [-0.3, -0.25) is 4.90 Å². The maximum atomic E-state index is 11.7. The highest BCUT2D eigenvalue weighted by molar-refractivity contribution is 7.21. The van der Waals surface area contributed by atoms with E-state index in [1.54, 1.807) is 36.8 Å².